The van der Waals surface area contributed by atoms with Crippen molar-refractivity contribution in [2.45, 2.75) is 47.7 Å². The number of nitro groups is 1. The van der Waals surface area contributed by atoms with E-state index in [1.165, 1.54) is 17.7 Å². The molecule has 3 aromatic carbocycles. The lowest BCUT2D eigenvalue weighted by atomic mass is 9.92. The molecule has 2 N–H and O–H groups in total. The lowest BCUT2D eigenvalue weighted by Crippen LogP contribution is -2.54. The molecule has 18 heteroatoms. The zero-order valence-electron chi connectivity index (χ0n) is 33.2. The lowest BCUT2D eigenvalue weighted by molar-refractivity contribution is -0.384. The number of hydrogen-bond acceptors (Lipinski definition) is 12. The molecule has 0 aliphatic carbocycles. The fourth-order valence-electron chi connectivity index (χ4n) is 7.47. The molecule has 2 aliphatic rings. The van der Waals surface area contributed by atoms with Crippen LogP contribution < -0.4 is 14.9 Å². The molecule has 1 saturated heterocycles. The number of carbonyl (C=O) groups excluding carboxylic acids is 1. The first kappa shape index (κ1) is 48.2. The summed E-state index contributed by atoms with van der Waals surface area (Å²) in [6, 6.07) is 27.1. The molecule has 0 unspecified atom stereocenters. The number of benzene rings is 3. The van der Waals surface area contributed by atoms with Gasteiger partial charge in [-0.25, -0.2) is 13.1 Å². The number of carbonyl (C=O) groups is 1. The van der Waals surface area contributed by atoms with Crippen LogP contribution in [0.2, 0.25) is 0 Å². The molecule has 0 spiro atoms. The molecule has 4 heterocycles. The van der Waals surface area contributed by atoms with Gasteiger partial charge >= 0.3 is 0 Å². The second-order valence-corrected chi connectivity index (χ2v) is 17.4. The van der Waals surface area contributed by atoms with Crippen molar-refractivity contribution in [2.24, 2.45) is 0 Å². The van der Waals surface area contributed by atoms with Crippen molar-refractivity contribution in [1.29, 1.82) is 0 Å². The van der Waals surface area contributed by atoms with Crippen molar-refractivity contribution < 1.29 is 18.1 Å². The quantitative estimate of drug-likeness (QED) is 0.0604. The zero-order valence-corrected chi connectivity index (χ0v) is 37.3. The second-order valence-electron chi connectivity index (χ2n) is 14.6. The highest BCUT2D eigenvalue weighted by atomic mass is 35.5. The third-order valence-electron chi connectivity index (χ3n) is 10.4. The number of nitro benzene ring substituents is 1. The maximum Gasteiger partial charge on any atom is 0.293 e. The summed E-state index contributed by atoms with van der Waals surface area (Å²) in [7, 11) is -0.510. The van der Waals surface area contributed by atoms with Crippen LogP contribution in [0.5, 0.6) is 0 Å². The molecule has 0 radical (unpaired) electrons. The van der Waals surface area contributed by atoms with Gasteiger partial charge in [-0.3, -0.25) is 29.8 Å². The Kier molecular flexibility index (Phi) is 17.6. The Bertz CT molecular complexity index is 2330. The standard InChI is InChI=1S/C42H46N8O5S2.3ClH/c1-47(2)22-18-34(29-56-36-8-4-3-5-9-36)45-38-14-13-37(26-40(38)50(52)53)57(54,55)46-42(51)32-11-15-39-31(25-32)10-12-35-28-48(23-24-49(35)39)27-33-7-6-19-44-41(33)30-16-20-43-21-17-30;;;/h3-9,11,13-17,19-21,25-26,34-35,45H,10,12,18,22-24,27-29H2,1-2H3,(H,46,51);3*1H/t34-,35-;;;/m1.../s1. The van der Waals surface area contributed by atoms with Crippen LogP contribution in [0.15, 0.2) is 119 Å². The minimum Gasteiger partial charge on any atom is -0.376 e. The molecule has 2 aromatic heterocycles. The highest BCUT2D eigenvalue weighted by Crippen LogP contribution is 2.35. The molecule has 1 fully saturated rings. The van der Waals surface area contributed by atoms with Gasteiger partial charge in [0, 0.05) is 90.4 Å². The van der Waals surface area contributed by atoms with Gasteiger partial charge < -0.3 is 15.1 Å². The Morgan fingerprint density at radius 1 is 0.967 bits per heavy atom. The predicted octanol–water partition coefficient (Wildman–Crippen LogP) is 7.60. The van der Waals surface area contributed by atoms with Crippen LogP contribution in [0, 0.1) is 10.1 Å². The molecule has 7 rings (SSSR count). The maximum atomic E-state index is 13.5. The number of sulfonamides is 1. The third kappa shape index (κ3) is 11.9. The van der Waals surface area contributed by atoms with E-state index in [4.69, 9.17) is 0 Å². The number of piperazine rings is 1. The average molecular weight is 916 g/mol. The van der Waals surface area contributed by atoms with E-state index >= 15 is 0 Å². The van der Waals surface area contributed by atoms with Crippen LogP contribution in [0.25, 0.3) is 11.3 Å². The van der Waals surface area contributed by atoms with E-state index in [9.17, 15) is 23.3 Å². The first-order valence-electron chi connectivity index (χ1n) is 18.9. The van der Waals surface area contributed by atoms with Crippen molar-refractivity contribution in [1.82, 2.24) is 24.5 Å². The number of aromatic nitrogens is 2. The summed E-state index contributed by atoms with van der Waals surface area (Å²) in [6.07, 6.45) is 7.72. The minimum absolute atomic E-state index is 0. The number of nitrogens with one attached hydrogen (secondary N) is 2. The molecule has 60 heavy (non-hydrogen) atoms. The fourth-order valence-corrected chi connectivity index (χ4v) is 9.46. The van der Waals surface area contributed by atoms with E-state index in [0.29, 0.717) is 18.2 Å². The van der Waals surface area contributed by atoms with Gasteiger partial charge in [0.2, 0.25) is 0 Å². The van der Waals surface area contributed by atoms with Crippen molar-refractivity contribution in [3.8, 4) is 11.3 Å². The van der Waals surface area contributed by atoms with E-state index in [1.807, 2.05) is 79.8 Å². The number of amides is 1. The number of hydrogen-bond donors (Lipinski definition) is 2. The van der Waals surface area contributed by atoms with Gasteiger partial charge in [0.05, 0.1) is 15.5 Å². The largest absolute Gasteiger partial charge is 0.376 e. The highest BCUT2D eigenvalue weighted by molar-refractivity contribution is 7.99. The number of nitrogens with zero attached hydrogens (tertiary/aromatic N) is 6. The number of fused-ring (bicyclic) bond motifs is 3. The zero-order chi connectivity index (χ0) is 39.9. The monoisotopic (exact) mass is 914 g/mol. The molecular formula is C42H49Cl3N8O5S2. The number of halogens is 3. The normalized spacial score (nSPS) is 15.2. The SMILES string of the molecule is CN(C)CC[C@H](CSc1ccccc1)Nc1ccc(S(=O)(=O)NC(=O)c2ccc3c(c2)CC[C@@H]2CN(Cc4cccnc4-c4ccncc4)CCN32)cc1[N+](=O)[O-].Cl.Cl.Cl. The van der Waals surface area contributed by atoms with Crippen LogP contribution in [-0.4, -0.2) is 97.1 Å². The summed E-state index contributed by atoms with van der Waals surface area (Å²) in [5, 5.41) is 15.5. The van der Waals surface area contributed by atoms with Crippen LogP contribution in [-0.2, 0) is 23.0 Å². The summed E-state index contributed by atoms with van der Waals surface area (Å²) >= 11 is 1.64. The van der Waals surface area contributed by atoms with Crippen molar-refractivity contribution in [2.75, 3.05) is 56.2 Å². The maximum absolute atomic E-state index is 13.5. The Morgan fingerprint density at radius 2 is 1.73 bits per heavy atom. The number of anilines is 2. The Morgan fingerprint density at radius 3 is 2.47 bits per heavy atom. The van der Waals surface area contributed by atoms with E-state index in [-0.39, 0.29) is 65.1 Å². The summed E-state index contributed by atoms with van der Waals surface area (Å²) in [5.74, 6) is -0.152. The average Bonchev–Trinajstić information content (AvgIpc) is 3.22. The van der Waals surface area contributed by atoms with Crippen LogP contribution >= 0.6 is 49.0 Å². The first-order valence-corrected chi connectivity index (χ1v) is 21.4. The summed E-state index contributed by atoms with van der Waals surface area (Å²) < 4.78 is 29.1. The van der Waals surface area contributed by atoms with Crippen LogP contribution in [0.4, 0.5) is 17.1 Å². The van der Waals surface area contributed by atoms with Crippen molar-refractivity contribution >= 4 is 82.0 Å². The lowest BCUT2D eigenvalue weighted by Gasteiger charge is -2.46. The Labute approximate surface area is 374 Å². The number of aryl methyl sites for hydroxylation is 1. The van der Waals surface area contributed by atoms with Crippen LogP contribution in [0.1, 0.15) is 34.3 Å². The molecule has 2 aliphatic heterocycles. The molecule has 0 saturated carbocycles. The van der Waals surface area contributed by atoms with Gasteiger partial charge in [-0.05, 0) is 112 Å². The molecule has 1 amide bonds. The predicted molar refractivity (Wildman–Crippen MR) is 246 cm³/mol. The Hall–Kier alpha value is -4.48. The second kappa shape index (κ2) is 21.9. The number of rotatable bonds is 15. The Balaban J connectivity index is 0.00000265. The molecule has 0 bridgehead atoms. The molecule has 13 nitrogen and oxygen atoms in total. The van der Waals surface area contributed by atoms with E-state index in [2.05, 4.69) is 35.9 Å². The molecule has 5 aromatic rings. The number of thioether (sulfide) groups is 1. The van der Waals surface area contributed by atoms with E-state index < -0.39 is 20.9 Å². The minimum atomic E-state index is -4.44. The fraction of sp³-hybridized carbons (Fsp3) is 0.310. The van der Waals surface area contributed by atoms with Gasteiger partial charge in [-0.15, -0.1) is 49.0 Å². The molecule has 320 valence electrons. The van der Waals surface area contributed by atoms with Gasteiger partial charge in [0.15, 0.2) is 0 Å². The van der Waals surface area contributed by atoms with Crippen molar-refractivity contribution in [3.63, 3.8) is 0 Å². The summed E-state index contributed by atoms with van der Waals surface area (Å²) in [6.45, 7) is 4.08. The highest BCUT2D eigenvalue weighted by Gasteiger charge is 2.33. The smallest absolute Gasteiger partial charge is 0.293 e. The van der Waals surface area contributed by atoms with E-state index in [1.54, 1.807) is 36.3 Å². The van der Waals surface area contributed by atoms with Gasteiger partial charge in [-0.2, -0.15) is 0 Å². The van der Waals surface area contributed by atoms with E-state index in [0.717, 1.165) is 79.0 Å². The van der Waals surface area contributed by atoms with Gasteiger partial charge in [0.1, 0.15) is 5.69 Å². The third-order valence-corrected chi connectivity index (χ3v) is 12.9. The topological polar surface area (TPSA) is 154 Å². The first-order chi connectivity index (χ1) is 27.5. The van der Waals surface area contributed by atoms with Gasteiger partial charge in [0.25, 0.3) is 21.6 Å². The van der Waals surface area contributed by atoms with Crippen molar-refractivity contribution in [3.05, 3.63) is 136 Å². The van der Waals surface area contributed by atoms with Crippen LogP contribution in [0.3, 0.4) is 0 Å². The molecule has 2 atom stereocenters. The summed E-state index contributed by atoms with van der Waals surface area (Å²) in [4.78, 5) is 41.5. The number of pyridine rings is 2. The molecular weight excluding hydrogens is 867 g/mol. The summed E-state index contributed by atoms with van der Waals surface area (Å²) in [5.41, 5.74) is 5.24. The van der Waals surface area contributed by atoms with Gasteiger partial charge in [-0.1, -0.05) is 24.3 Å².